The molecule has 15 heavy (non-hydrogen) atoms. The van der Waals surface area contributed by atoms with Crippen molar-refractivity contribution < 1.29 is 9.13 Å². The summed E-state index contributed by atoms with van der Waals surface area (Å²) in [6.07, 6.45) is 1.76. The highest BCUT2D eigenvalue weighted by atomic mass is 19.1. The van der Waals surface area contributed by atoms with Crippen molar-refractivity contribution in [1.29, 1.82) is 0 Å². The standard InChI is InChI=1S/C12H14FNO/c13-12-9(8-3-5-14-7-8)1-2-11-10(12)4-6-15-11/h1-2,8,14H,3-7H2. The van der Waals surface area contributed by atoms with Gasteiger partial charge >= 0.3 is 0 Å². The maximum Gasteiger partial charge on any atom is 0.133 e. The van der Waals surface area contributed by atoms with Gasteiger partial charge < -0.3 is 10.1 Å². The molecule has 0 spiro atoms. The second kappa shape index (κ2) is 3.49. The van der Waals surface area contributed by atoms with Crippen molar-refractivity contribution in [3.8, 4) is 5.75 Å². The molecule has 1 aromatic carbocycles. The van der Waals surface area contributed by atoms with Crippen LogP contribution in [0.3, 0.4) is 0 Å². The van der Waals surface area contributed by atoms with E-state index in [1.54, 1.807) is 0 Å². The summed E-state index contributed by atoms with van der Waals surface area (Å²) >= 11 is 0. The molecular formula is C12H14FNO. The lowest BCUT2D eigenvalue weighted by atomic mass is 9.95. The van der Waals surface area contributed by atoms with Crippen LogP contribution in [0, 0.1) is 5.82 Å². The van der Waals surface area contributed by atoms with Crippen LogP contribution in [0.1, 0.15) is 23.5 Å². The highest BCUT2D eigenvalue weighted by Gasteiger charge is 2.25. The van der Waals surface area contributed by atoms with E-state index in [4.69, 9.17) is 4.74 Å². The number of nitrogens with one attached hydrogen (secondary N) is 1. The van der Waals surface area contributed by atoms with Crippen LogP contribution < -0.4 is 10.1 Å². The lowest BCUT2D eigenvalue weighted by Crippen LogP contribution is -2.09. The van der Waals surface area contributed by atoms with Gasteiger partial charge in [0.25, 0.3) is 0 Å². The molecule has 1 atom stereocenters. The summed E-state index contributed by atoms with van der Waals surface area (Å²) in [6, 6.07) is 3.80. The Hall–Kier alpha value is -1.09. The molecule has 2 nitrogen and oxygen atoms in total. The van der Waals surface area contributed by atoms with Gasteiger partial charge in [0, 0.05) is 24.4 Å². The Morgan fingerprint density at radius 2 is 2.33 bits per heavy atom. The molecule has 80 valence electrons. The summed E-state index contributed by atoms with van der Waals surface area (Å²) in [5.74, 6) is 1.05. The van der Waals surface area contributed by atoms with Crippen molar-refractivity contribution in [2.24, 2.45) is 0 Å². The van der Waals surface area contributed by atoms with Crippen LogP contribution in [0.5, 0.6) is 5.75 Å². The molecule has 1 fully saturated rings. The molecular weight excluding hydrogens is 193 g/mol. The van der Waals surface area contributed by atoms with Gasteiger partial charge in [0.2, 0.25) is 0 Å². The minimum Gasteiger partial charge on any atom is -0.493 e. The van der Waals surface area contributed by atoms with Gasteiger partial charge in [-0.15, -0.1) is 0 Å². The SMILES string of the molecule is Fc1c(C2CCNC2)ccc2c1CCO2. The first-order chi connectivity index (χ1) is 7.36. The molecule has 2 aliphatic heterocycles. The van der Waals surface area contributed by atoms with Gasteiger partial charge in [-0.2, -0.15) is 0 Å². The molecule has 1 saturated heterocycles. The third-order valence-corrected chi connectivity index (χ3v) is 3.34. The molecule has 3 heteroatoms. The van der Waals surface area contributed by atoms with E-state index in [-0.39, 0.29) is 5.82 Å². The van der Waals surface area contributed by atoms with Crippen LogP contribution in [0.15, 0.2) is 12.1 Å². The molecule has 3 rings (SSSR count). The molecule has 0 aliphatic carbocycles. The molecule has 2 aliphatic rings. The van der Waals surface area contributed by atoms with E-state index < -0.39 is 0 Å². The van der Waals surface area contributed by atoms with Crippen molar-refractivity contribution in [3.63, 3.8) is 0 Å². The maximum absolute atomic E-state index is 14.1. The van der Waals surface area contributed by atoms with Gasteiger partial charge in [-0.25, -0.2) is 4.39 Å². The third kappa shape index (κ3) is 1.42. The van der Waals surface area contributed by atoms with E-state index in [9.17, 15) is 4.39 Å². The maximum atomic E-state index is 14.1. The first-order valence-electron chi connectivity index (χ1n) is 5.51. The van der Waals surface area contributed by atoms with Gasteiger partial charge in [0.05, 0.1) is 6.61 Å². The van der Waals surface area contributed by atoms with Crippen LogP contribution in [0.25, 0.3) is 0 Å². The number of hydrogen-bond donors (Lipinski definition) is 1. The molecule has 1 unspecified atom stereocenters. The quantitative estimate of drug-likeness (QED) is 0.758. The topological polar surface area (TPSA) is 21.3 Å². The Morgan fingerprint density at radius 1 is 1.40 bits per heavy atom. The van der Waals surface area contributed by atoms with Crippen LogP contribution >= 0.6 is 0 Å². The number of fused-ring (bicyclic) bond motifs is 1. The highest BCUT2D eigenvalue weighted by Crippen LogP contribution is 2.34. The van der Waals surface area contributed by atoms with E-state index in [1.165, 1.54) is 0 Å². The number of rotatable bonds is 1. The Morgan fingerprint density at radius 3 is 3.13 bits per heavy atom. The number of ether oxygens (including phenoxy) is 1. The van der Waals surface area contributed by atoms with Crippen LogP contribution in [0.2, 0.25) is 0 Å². The molecule has 2 heterocycles. The number of benzene rings is 1. The number of hydrogen-bond acceptors (Lipinski definition) is 2. The first-order valence-corrected chi connectivity index (χ1v) is 5.51. The Balaban J connectivity index is 2.01. The second-order valence-electron chi connectivity index (χ2n) is 4.23. The van der Waals surface area contributed by atoms with Crippen molar-refractivity contribution in [1.82, 2.24) is 5.32 Å². The second-order valence-corrected chi connectivity index (χ2v) is 4.23. The van der Waals surface area contributed by atoms with Crippen molar-refractivity contribution in [2.75, 3.05) is 19.7 Å². The Labute approximate surface area is 88.4 Å². The largest absolute Gasteiger partial charge is 0.493 e. The fourth-order valence-corrected chi connectivity index (χ4v) is 2.49. The monoisotopic (exact) mass is 207 g/mol. The molecule has 1 N–H and O–H groups in total. The van der Waals surface area contributed by atoms with Gasteiger partial charge in [-0.1, -0.05) is 6.07 Å². The summed E-state index contributed by atoms with van der Waals surface area (Å²) in [7, 11) is 0. The molecule has 0 amide bonds. The van der Waals surface area contributed by atoms with Gasteiger partial charge in [0.15, 0.2) is 0 Å². The van der Waals surface area contributed by atoms with E-state index >= 15 is 0 Å². The average molecular weight is 207 g/mol. The molecule has 0 bridgehead atoms. The minimum atomic E-state index is -0.0290. The van der Waals surface area contributed by atoms with Gasteiger partial charge in [-0.3, -0.25) is 0 Å². The first kappa shape index (κ1) is 9.16. The smallest absolute Gasteiger partial charge is 0.133 e. The molecule has 1 aromatic rings. The zero-order valence-corrected chi connectivity index (χ0v) is 8.55. The van der Waals surface area contributed by atoms with Crippen LogP contribution in [-0.4, -0.2) is 19.7 Å². The zero-order valence-electron chi connectivity index (χ0n) is 8.55. The summed E-state index contributed by atoms with van der Waals surface area (Å²) in [6.45, 7) is 2.52. The third-order valence-electron chi connectivity index (χ3n) is 3.34. The van der Waals surface area contributed by atoms with Gasteiger partial charge in [0.1, 0.15) is 11.6 Å². The summed E-state index contributed by atoms with van der Waals surface area (Å²) in [5.41, 5.74) is 1.64. The molecule has 0 saturated carbocycles. The summed E-state index contributed by atoms with van der Waals surface area (Å²) in [5, 5.41) is 3.27. The Kier molecular flexibility index (Phi) is 2.13. The van der Waals surface area contributed by atoms with Crippen LogP contribution in [-0.2, 0) is 6.42 Å². The molecule has 0 radical (unpaired) electrons. The van der Waals surface area contributed by atoms with E-state index in [2.05, 4.69) is 5.32 Å². The van der Waals surface area contributed by atoms with Crippen molar-refractivity contribution in [2.45, 2.75) is 18.8 Å². The Bertz CT molecular complexity index is 385. The summed E-state index contributed by atoms with van der Waals surface area (Å²) in [4.78, 5) is 0. The number of halogens is 1. The van der Waals surface area contributed by atoms with E-state index in [0.717, 1.165) is 42.8 Å². The van der Waals surface area contributed by atoms with Crippen molar-refractivity contribution >= 4 is 0 Å². The van der Waals surface area contributed by atoms with Crippen LogP contribution in [0.4, 0.5) is 4.39 Å². The lowest BCUT2D eigenvalue weighted by molar-refractivity contribution is 0.356. The fourth-order valence-electron chi connectivity index (χ4n) is 2.49. The highest BCUT2D eigenvalue weighted by molar-refractivity contribution is 5.42. The normalized spacial score (nSPS) is 23.9. The lowest BCUT2D eigenvalue weighted by Gasteiger charge is -2.12. The zero-order chi connectivity index (χ0) is 10.3. The summed E-state index contributed by atoms with van der Waals surface area (Å²) < 4.78 is 19.5. The van der Waals surface area contributed by atoms with E-state index in [1.807, 2.05) is 12.1 Å². The minimum absolute atomic E-state index is 0.0290. The fraction of sp³-hybridized carbons (Fsp3) is 0.500. The average Bonchev–Trinajstić information content (AvgIpc) is 2.87. The van der Waals surface area contributed by atoms with E-state index in [0.29, 0.717) is 12.5 Å². The predicted molar refractivity (Wildman–Crippen MR) is 55.8 cm³/mol. The van der Waals surface area contributed by atoms with Gasteiger partial charge in [-0.05, 0) is 24.6 Å². The van der Waals surface area contributed by atoms with Crippen molar-refractivity contribution in [3.05, 3.63) is 29.1 Å². The molecule has 0 aromatic heterocycles. The predicted octanol–water partition coefficient (Wildman–Crippen LogP) is 1.84.